The molecule has 1 aromatic rings. The Morgan fingerprint density at radius 1 is 1.12 bits per heavy atom. The van der Waals surface area contributed by atoms with E-state index in [9.17, 15) is 22.8 Å². The Morgan fingerprint density at radius 2 is 1.69 bits per heavy atom. The lowest BCUT2D eigenvalue weighted by atomic mass is 10.1. The molecule has 1 heterocycles. The monoisotopic (exact) mass is 383 g/mol. The second-order valence-corrected chi connectivity index (χ2v) is 7.96. The molecule has 9 nitrogen and oxygen atoms in total. The zero-order chi connectivity index (χ0) is 19.3. The number of rotatable bonds is 7. The molecule has 0 radical (unpaired) electrons. The predicted octanol–water partition coefficient (Wildman–Crippen LogP) is -0.0804. The first-order chi connectivity index (χ1) is 12.2. The van der Waals surface area contributed by atoms with Crippen molar-refractivity contribution in [3.05, 3.63) is 29.8 Å². The van der Waals surface area contributed by atoms with E-state index in [1.54, 1.807) is 0 Å². The molecule has 1 aromatic carbocycles. The molecule has 142 valence electrons. The van der Waals surface area contributed by atoms with Crippen molar-refractivity contribution in [3.63, 3.8) is 0 Å². The third kappa shape index (κ3) is 4.79. The first kappa shape index (κ1) is 19.9. The van der Waals surface area contributed by atoms with Gasteiger partial charge >= 0.3 is 5.97 Å². The summed E-state index contributed by atoms with van der Waals surface area (Å²) in [7, 11) is -3.61. The molecule has 0 aromatic heterocycles. The highest BCUT2D eigenvalue weighted by Crippen LogP contribution is 2.20. The number of carboxylic acids is 1. The number of hydrogen-bond donors (Lipinski definition) is 3. The molecule has 1 saturated heterocycles. The lowest BCUT2D eigenvalue weighted by molar-refractivity contribution is -0.140. The van der Waals surface area contributed by atoms with Crippen LogP contribution >= 0.6 is 0 Å². The summed E-state index contributed by atoms with van der Waals surface area (Å²) in [6, 6.07) is 3.77. The van der Waals surface area contributed by atoms with Gasteiger partial charge in [0.25, 0.3) is 5.91 Å². The van der Waals surface area contributed by atoms with Crippen LogP contribution in [-0.4, -0.2) is 54.7 Å². The van der Waals surface area contributed by atoms with Crippen LogP contribution in [0.1, 0.15) is 36.0 Å². The molecular weight excluding hydrogens is 362 g/mol. The molecule has 0 aliphatic carbocycles. The van der Waals surface area contributed by atoms with Gasteiger partial charge in [-0.3, -0.25) is 9.59 Å². The zero-order valence-corrected chi connectivity index (χ0v) is 14.9. The molecule has 0 unspecified atom stereocenters. The molecule has 0 spiro atoms. The smallest absolute Gasteiger partial charge is 0.326 e. The lowest BCUT2D eigenvalue weighted by Crippen LogP contribution is -2.43. The summed E-state index contributed by atoms with van der Waals surface area (Å²) in [5.41, 5.74) is 5.04. The van der Waals surface area contributed by atoms with Gasteiger partial charge in [0.15, 0.2) is 0 Å². The maximum Gasteiger partial charge on any atom is 0.326 e. The topological polar surface area (TPSA) is 147 Å². The van der Waals surface area contributed by atoms with Crippen LogP contribution in [0.25, 0.3) is 0 Å². The van der Waals surface area contributed by atoms with Crippen molar-refractivity contribution in [1.29, 1.82) is 0 Å². The Hall–Kier alpha value is -2.46. The minimum atomic E-state index is -3.61. The highest BCUT2D eigenvalue weighted by atomic mass is 32.2. The molecule has 0 saturated carbocycles. The van der Waals surface area contributed by atoms with Crippen molar-refractivity contribution in [3.8, 4) is 0 Å². The zero-order valence-electron chi connectivity index (χ0n) is 14.1. The number of hydrogen-bond acceptors (Lipinski definition) is 5. The van der Waals surface area contributed by atoms with Gasteiger partial charge in [0, 0.05) is 18.7 Å². The van der Waals surface area contributed by atoms with E-state index < -0.39 is 40.3 Å². The summed E-state index contributed by atoms with van der Waals surface area (Å²) in [5.74, 6) is -2.98. The number of carboxylic acid groups (broad SMARTS) is 1. The van der Waals surface area contributed by atoms with E-state index >= 15 is 0 Å². The maximum atomic E-state index is 12.6. The Bertz CT molecular complexity index is 785. The van der Waals surface area contributed by atoms with Crippen LogP contribution in [0.2, 0.25) is 0 Å². The van der Waals surface area contributed by atoms with Gasteiger partial charge < -0.3 is 16.2 Å². The van der Waals surface area contributed by atoms with E-state index in [-0.39, 0.29) is 10.5 Å². The van der Waals surface area contributed by atoms with Crippen LogP contribution < -0.4 is 11.1 Å². The summed E-state index contributed by atoms with van der Waals surface area (Å²) < 4.78 is 26.5. The van der Waals surface area contributed by atoms with Gasteiger partial charge in [-0.2, -0.15) is 4.31 Å². The molecule has 26 heavy (non-hydrogen) atoms. The van der Waals surface area contributed by atoms with E-state index in [4.69, 9.17) is 10.8 Å². The maximum absolute atomic E-state index is 12.6. The fourth-order valence-corrected chi connectivity index (χ4v) is 4.19. The van der Waals surface area contributed by atoms with Crippen LogP contribution in [0.4, 0.5) is 0 Å². The van der Waals surface area contributed by atoms with E-state index in [2.05, 4.69) is 5.32 Å². The second-order valence-electron chi connectivity index (χ2n) is 6.02. The summed E-state index contributed by atoms with van der Waals surface area (Å²) in [6.45, 7) is 0.940. The van der Waals surface area contributed by atoms with Crippen LogP contribution in [0, 0.1) is 0 Å². The van der Waals surface area contributed by atoms with Crippen LogP contribution in [0.15, 0.2) is 29.2 Å². The van der Waals surface area contributed by atoms with Crippen LogP contribution in [0.5, 0.6) is 0 Å². The Labute approximate surface area is 151 Å². The quantitative estimate of drug-likeness (QED) is 0.600. The Morgan fingerprint density at radius 3 is 2.19 bits per heavy atom. The van der Waals surface area contributed by atoms with E-state index in [0.29, 0.717) is 13.1 Å². The molecule has 10 heteroatoms. The molecular formula is C16H21N3O6S. The fraction of sp³-hybridized carbons (Fsp3) is 0.438. The average Bonchev–Trinajstić information content (AvgIpc) is 2.61. The van der Waals surface area contributed by atoms with Crippen molar-refractivity contribution in [1.82, 2.24) is 9.62 Å². The summed E-state index contributed by atoms with van der Waals surface area (Å²) >= 11 is 0. The largest absolute Gasteiger partial charge is 0.480 e. The van der Waals surface area contributed by atoms with E-state index in [0.717, 1.165) is 19.3 Å². The number of carbonyl (C=O) groups is 3. The second kappa shape index (κ2) is 8.28. The molecule has 1 aliphatic rings. The van der Waals surface area contributed by atoms with Crippen LogP contribution in [-0.2, 0) is 19.6 Å². The third-order valence-corrected chi connectivity index (χ3v) is 5.99. The minimum Gasteiger partial charge on any atom is -0.480 e. The van der Waals surface area contributed by atoms with E-state index in [1.807, 2.05) is 0 Å². The molecule has 4 N–H and O–H groups in total. The highest BCUT2D eigenvalue weighted by Gasteiger charge is 2.26. The number of nitrogens with one attached hydrogen (secondary N) is 1. The third-order valence-electron chi connectivity index (χ3n) is 4.08. The summed E-state index contributed by atoms with van der Waals surface area (Å²) in [6.07, 6.45) is 2.09. The van der Waals surface area contributed by atoms with E-state index in [1.165, 1.54) is 28.6 Å². The molecule has 1 atom stereocenters. The number of piperidine rings is 1. The van der Waals surface area contributed by atoms with Crippen molar-refractivity contribution in [2.24, 2.45) is 5.73 Å². The van der Waals surface area contributed by atoms with Gasteiger partial charge in [0.1, 0.15) is 6.04 Å². The molecule has 0 bridgehead atoms. The lowest BCUT2D eigenvalue weighted by Gasteiger charge is -2.25. The number of aliphatic carboxylic acids is 1. The first-order valence-electron chi connectivity index (χ1n) is 8.14. The number of nitrogens with two attached hydrogens (primary N) is 1. The van der Waals surface area contributed by atoms with Gasteiger partial charge in [-0.1, -0.05) is 6.42 Å². The normalized spacial score (nSPS) is 16.6. The average molecular weight is 383 g/mol. The van der Waals surface area contributed by atoms with Gasteiger partial charge in [0.2, 0.25) is 15.9 Å². The fourth-order valence-electron chi connectivity index (χ4n) is 2.68. The van der Waals surface area contributed by atoms with Crippen molar-refractivity contribution in [2.45, 2.75) is 36.6 Å². The molecule has 1 fully saturated rings. The molecule has 2 amide bonds. The standard InChI is InChI=1S/C16H21N3O6S/c17-14(20)10-13(16(22)23)18-15(21)11-4-6-12(7-5-11)26(24,25)19-8-2-1-3-9-19/h4-7,13H,1-3,8-10H2,(H2,17,20)(H,18,21)(H,22,23)/t13-/m0/s1. The SMILES string of the molecule is NC(=O)C[C@H](NC(=O)c1ccc(S(=O)(=O)N2CCCCC2)cc1)C(=O)O. The van der Waals surface area contributed by atoms with Crippen molar-refractivity contribution >= 4 is 27.8 Å². The van der Waals surface area contributed by atoms with Gasteiger partial charge in [-0.25, -0.2) is 13.2 Å². The highest BCUT2D eigenvalue weighted by molar-refractivity contribution is 7.89. The number of primary amides is 1. The number of carbonyl (C=O) groups excluding carboxylic acids is 2. The van der Waals surface area contributed by atoms with Crippen molar-refractivity contribution < 1.29 is 27.9 Å². The minimum absolute atomic E-state index is 0.0721. The van der Waals surface area contributed by atoms with Crippen LogP contribution in [0.3, 0.4) is 0 Å². The predicted molar refractivity (Wildman–Crippen MR) is 91.8 cm³/mol. The summed E-state index contributed by atoms with van der Waals surface area (Å²) in [5, 5.41) is 11.2. The summed E-state index contributed by atoms with van der Waals surface area (Å²) in [4.78, 5) is 34.1. The molecule has 1 aliphatic heterocycles. The number of amides is 2. The Balaban J connectivity index is 2.11. The van der Waals surface area contributed by atoms with Gasteiger partial charge in [-0.05, 0) is 37.1 Å². The van der Waals surface area contributed by atoms with Crippen molar-refractivity contribution in [2.75, 3.05) is 13.1 Å². The Kier molecular flexibility index (Phi) is 6.32. The number of benzene rings is 1. The number of sulfonamides is 1. The van der Waals surface area contributed by atoms with Gasteiger partial charge in [-0.15, -0.1) is 0 Å². The van der Waals surface area contributed by atoms with Gasteiger partial charge in [0.05, 0.1) is 11.3 Å². The number of nitrogens with zero attached hydrogens (tertiary/aromatic N) is 1. The first-order valence-corrected chi connectivity index (χ1v) is 9.58. The molecule has 2 rings (SSSR count).